The van der Waals surface area contributed by atoms with Crippen molar-refractivity contribution in [2.75, 3.05) is 0 Å². The fraction of sp³-hybridized carbons (Fsp3) is 0.500. The van der Waals surface area contributed by atoms with Gasteiger partial charge in [-0.3, -0.25) is 4.79 Å². The molecule has 0 spiro atoms. The largest absolute Gasteiger partial charge is 0.461 e. The van der Waals surface area contributed by atoms with Crippen molar-refractivity contribution in [3.8, 4) is 0 Å². The van der Waals surface area contributed by atoms with E-state index in [0.29, 0.717) is 12.5 Å². The Kier molecular flexibility index (Phi) is 5.03. The van der Waals surface area contributed by atoms with Gasteiger partial charge in [0.2, 0.25) is 0 Å². The first-order chi connectivity index (χ1) is 7.59. The summed E-state index contributed by atoms with van der Waals surface area (Å²) in [5, 5.41) is 0. The highest BCUT2D eigenvalue weighted by molar-refractivity contribution is 5.71. The molecule has 0 aliphatic rings. The normalized spacial score (nSPS) is 12.5. The summed E-state index contributed by atoms with van der Waals surface area (Å²) >= 11 is 0. The minimum atomic E-state index is -0.0995. The Morgan fingerprint density at radius 3 is 2.38 bits per heavy atom. The molecule has 0 unspecified atom stereocenters. The molecular weight excluding hydrogens is 200 g/mol. The van der Waals surface area contributed by atoms with Crippen LogP contribution in [0.3, 0.4) is 0 Å². The Labute approximate surface area is 97.6 Å². The van der Waals surface area contributed by atoms with Crippen LogP contribution in [-0.2, 0) is 16.1 Å². The lowest BCUT2D eigenvalue weighted by Gasteiger charge is -2.13. The van der Waals surface area contributed by atoms with Gasteiger partial charge >= 0.3 is 5.97 Å². The van der Waals surface area contributed by atoms with E-state index in [-0.39, 0.29) is 11.9 Å². The van der Waals surface area contributed by atoms with Gasteiger partial charge in [-0.2, -0.15) is 0 Å². The molecule has 0 amide bonds. The highest BCUT2D eigenvalue weighted by Gasteiger charge is 2.15. The summed E-state index contributed by atoms with van der Waals surface area (Å²) in [5.74, 6) is 0.417. The topological polar surface area (TPSA) is 26.3 Å². The quantitative estimate of drug-likeness (QED) is 0.711. The summed E-state index contributed by atoms with van der Waals surface area (Å²) < 4.78 is 5.25. The standard InChI is InChI=1S/C14H20O2/c1-11(2)9-12(3)14(15)16-10-13-7-5-4-6-8-13/h4-8,11-12H,9-10H2,1-3H3/t12-/m1/s1. The zero-order chi connectivity index (χ0) is 12.0. The summed E-state index contributed by atoms with van der Waals surface area (Å²) in [4.78, 5) is 11.6. The number of benzene rings is 1. The van der Waals surface area contributed by atoms with Crippen molar-refractivity contribution in [1.82, 2.24) is 0 Å². The van der Waals surface area contributed by atoms with Gasteiger partial charge in [0, 0.05) is 0 Å². The molecule has 0 saturated carbocycles. The predicted octanol–water partition coefficient (Wildman–Crippen LogP) is 3.41. The highest BCUT2D eigenvalue weighted by atomic mass is 16.5. The number of ether oxygens (including phenoxy) is 1. The lowest BCUT2D eigenvalue weighted by atomic mass is 9.99. The fourth-order valence-electron chi connectivity index (χ4n) is 1.67. The zero-order valence-electron chi connectivity index (χ0n) is 10.3. The molecule has 0 N–H and O–H groups in total. The Balaban J connectivity index is 2.35. The Morgan fingerprint density at radius 1 is 1.19 bits per heavy atom. The third kappa shape index (κ3) is 4.47. The minimum Gasteiger partial charge on any atom is -0.461 e. The average molecular weight is 220 g/mol. The van der Waals surface area contributed by atoms with Crippen LogP contribution < -0.4 is 0 Å². The Hall–Kier alpha value is -1.31. The van der Waals surface area contributed by atoms with Gasteiger partial charge in [-0.1, -0.05) is 51.1 Å². The molecule has 0 heterocycles. The molecule has 0 aliphatic heterocycles. The van der Waals surface area contributed by atoms with Gasteiger partial charge < -0.3 is 4.74 Å². The van der Waals surface area contributed by atoms with Crippen molar-refractivity contribution in [3.05, 3.63) is 35.9 Å². The summed E-state index contributed by atoms with van der Waals surface area (Å²) in [7, 11) is 0. The molecule has 0 aromatic heterocycles. The molecule has 88 valence electrons. The zero-order valence-corrected chi connectivity index (χ0v) is 10.3. The number of carbonyl (C=O) groups excluding carboxylic acids is 1. The molecule has 1 aromatic rings. The molecule has 0 bridgehead atoms. The van der Waals surface area contributed by atoms with Crippen LogP contribution in [0.1, 0.15) is 32.8 Å². The first kappa shape index (κ1) is 12.8. The Bertz CT molecular complexity index is 317. The van der Waals surface area contributed by atoms with Crippen molar-refractivity contribution in [1.29, 1.82) is 0 Å². The number of hydrogen-bond donors (Lipinski definition) is 0. The maximum atomic E-state index is 11.6. The van der Waals surface area contributed by atoms with Crippen LogP contribution in [0.25, 0.3) is 0 Å². The first-order valence-corrected chi connectivity index (χ1v) is 5.80. The van der Waals surface area contributed by atoms with Crippen LogP contribution in [0.5, 0.6) is 0 Å². The summed E-state index contributed by atoms with van der Waals surface area (Å²) in [6, 6.07) is 9.76. The predicted molar refractivity (Wildman–Crippen MR) is 64.9 cm³/mol. The smallest absolute Gasteiger partial charge is 0.308 e. The highest BCUT2D eigenvalue weighted by Crippen LogP contribution is 2.13. The second-order valence-corrected chi connectivity index (χ2v) is 4.62. The van der Waals surface area contributed by atoms with Gasteiger partial charge in [0.1, 0.15) is 6.61 Å². The van der Waals surface area contributed by atoms with Gasteiger partial charge in [-0.15, -0.1) is 0 Å². The number of carbonyl (C=O) groups is 1. The lowest BCUT2D eigenvalue weighted by Crippen LogP contribution is -2.16. The van der Waals surface area contributed by atoms with Gasteiger partial charge in [-0.05, 0) is 17.9 Å². The fourth-order valence-corrected chi connectivity index (χ4v) is 1.67. The summed E-state index contributed by atoms with van der Waals surface area (Å²) in [6.07, 6.45) is 0.883. The van der Waals surface area contributed by atoms with E-state index in [0.717, 1.165) is 12.0 Å². The molecule has 2 heteroatoms. The van der Waals surface area contributed by atoms with Gasteiger partial charge in [-0.25, -0.2) is 0 Å². The molecule has 0 saturated heterocycles. The van der Waals surface area contributed by atoms with E-state index < -0.39 is 0 Å². The molecule has 1 aromatic carbocycles. The maximum absolute atomic E-state index is 11.6. The van der Waals surface area contributed by atoms with Crippen molar-refractivity contribution in [2.24, 2.45) is 11.8 Å². The van der Waals surface area contributed by atoms with E-state index in [9.17, 15) is 4.79 Å². The second-order valence-electron chi connectivity index (χ2n) is 4.62. The molecule has 1 atom stereocenters. The van der Waals surface area contributed by atoms with Gasteiger partial charge in [0.05, 0.1) is 5.92 Å². The number of rotatable bonds is 5. The monoisotopic (exact) mass is 220 g/mol. The van der Waals surface area contributed by atoms with Crippen LogP contribution in [0.4, 0.5) is 0 Å². The molecule has 16 heavy (non-hydrogen) atoms. The van der Waals surface area contributed by atoms with Crippen LogP contribution in [0.2, 0.25) is 0 Å². The van der Waals surface area contributed by atoms with Crippen molar-refractivity contribution < 1.29 is 9.53 Å². The number of hydrogen-bond acceptors (Lipinski definition) is 2. The van der Waals surface area contributed by atoms with Crippen LogP contribution in [0.15, 0.2) is 30.3 Å². The third-order valence-corrected chi connectivity index (χ3v) is 2.45. The minimum absolute atomic E-state index is 0.0105. The van der Waals surface area contributed by atoms with Crippen molar-refractivity contribution in [3.63, 3.8) is 0 Å². The molecule has 0 radical (unpaired) electrons. The lowest BCUT2D eigenvalue weighted by molar-refractivity contribution is -0.149. The molecule has 2 nitrogen and oxygen atoms in total. The summed E-state index contributed by atoms with van der Waals surface area (Å²) in [5.41, 5.74) is 1.03. The van der Waals surface area contributed by atoms with E-state index in [1.807, 2.05) is 37.3 Å². The molecular formula is C14H20O2. The average Bonchev–Trinajstić information content (AvgIpc) is 2.26. The van der Waals surface area contributed by atoms with E-state index >= 15 is 0 Å². The van der Waals surface area contributed by atoms with Crippen molar-refractivity contribution in [2.45, 2.75) is 33.8 Å². The SMILES string of the molecule is CC(C)C[C@@H](C)C(=O)OCc1ccccc1. The van der Waals surface area contributed by atoms with Gasteiger partial charge in [0.15, 0.2) is 0 Å². The second kappa shape index (κ2) is 6.31. The third-order valence-electron chi connectivity index (χ3n) is 2.45. The number of esters is 1. The van der Waals surface area contributed by atoms with E-state index in [1.165, 1.54) is 0 Å². The van der Waals surface area contributed by atoms with Crippen molar-refractivity contribution >= 4 is 5.97 Å². The molecule has 0 fully saturated rings. The van der Waals surface area contributed by atoms with Gasteiger partial charge in [0.25, 0.3) is 0 Å². The van der Waals surface area contributed by atoms with E-state index in [2.05, 4.69) is 13.8 Å². The maximum Gasteiger partial charge on any atom is 0.308 e. The summed E-state index contributed by atoms with van der Waals surface area (Å²) in [6.45, 7) is 6.53. The molecule has 0 aliphatic carbocycles. The van der Waals surface area contributed by atoms with Crippen LogP contribution in [-0.4, -0.2) is 5.97 Å². The van der Waals surface area contributed by atoms with E-state index in [4.69, 9.17) is 4.74 Å². The van der Waals surface area contributed by atoms with Crippen LogP contribution in [0, 0.1) is 11.8 Å². The Morgan fingerprint density at radius 2 is 1.81 bits per heavy atom. The van der Waals surface area contributed by atoms with Crippen LogP contribution >= 0.6 is 0 Å². The van der Waals surface area contributed by atoms with E-state index in [1.54, 1.807) is 0 Å². The molecule has 1 rings (SSSR count). The first-order valence-electron chi connectivity index (χ1n) is 5.80.